The van der Waals surface area contributed by atoms with Crippen LogP contribution < -0.4 is 16.0 Å². The third-order valence-corrected chi connectivity index (χ3v) is 8.82. The van der Waals surface area contributed by atoms with E-state index < -0.39 is 75.0 Å². The van der Waals surface area contributed by atoms with Crippen LogP contribution in [0, 0.1) is 0 Å². The molecule has 4 rings (SSSR count). The molecule has 3 fully saturated rings. The first-order valence-electron chi connectivity index (χ1n) is 12.4. The average Bonchev–Trinajstić information content (AvgIpc) is 3.18. The molecule has 4 atom stereocenters. The molecule has 16 nitrogen and oxygen atoms in total. The van der Waals surface area contributed by atoms with Crippen molar-refractivity contribution in [1.29, 1.82) is 0 Å². The Balaban J connectivity index is 1.65. The van der Waals surface area contributed by atoms with Gasteiger partial charge in [-0.1, -0.05) is 6.07 Å². The number of phenolic OH excluding ortho intramolecular Hbond substituents is 2. The number of aromatic hydroxyl groups is 2. The minimum atomic E-state index is -2.09. The van der Waals surface area contributed by atoms with Gasteiger partial charge < -0.3 is 41.1 Å². The van der Waals surface area contributed by atoms with Crippen molar-refractivity contribution in [2.75, 3.05) is 19.6 Å². The van der Waals surface area contributed by atoms with E-state index in [0.717, 1.165) is 28.8 Å². The predicted octanol–water partition coefficient (Wildman–Crippen LogP) is -1.76. The SMILES string of the molecule is CCN1CCN(C(=O)N[C@@H](C(=O)N[C@]2(NC=O)C(=O)N3C2SC(C)(C)[C@@H]3C(=O)O)c2ccc(O)c(O)c2)C(=O)C1=O. The van der Waals surface area contributed by atoms with Crippen molar-refractivity contribution in [3.8, 4) is 11.5 Å². The van der Waals surface area contributed by atoms with Crippen molar-refractivity contribution in [2.24, 2.45) is 0 Å². The number of piperazine rings is 1. The van der Waals surface area contributed by atoms with Crippen molar-refractivity contribution < 1.29 is 48.9 Å². The van der Waals surface area contributed by atoms with Gasteiger partial charge in [-0.3, -0.25) is 28.9 Å². The summed E-state index contributed by atoms with van der Waals surface area (Å²) in [5.74, 6) is -6.52. The third kappa shape index (κ3) is 4.75. The standard InChI is InChI=1S/C24H28N6O10S/c1-4-28-7-8-29(18(36)17(28)35)22(40)26-14(11-5-6-12(32)13(33)9-11)16(34)27-24(25-10-31)20(39)30-15(19(37)38)23(2,3)41-21(24)30/h5-6,9-10,14-15,21,32-33H,4,7-8H2,1-3H3,(H,25,31)(H,26,40)(H,27,34)(H,37,38)/t14-,15+,21?,24-/m1/s1. The maximum absolute atomic E-state index is 13.7. The first-order chi connectivity index (χ1) is 19.2. The number of aliphatic carboxylic acids is 1. The lowest BCUT2D eigenvalue weighted by atomic mass is 9.91. The van der Waals surface area contributed by atoms with Crippen LogP contribution in [0.15, 0.2) is 18.2 Å². The molecule has 0 bridgehead atoms. The Morgan fingerprint density at radius 2 is 1.80 bits per heavy atom. The molecule has 7 amide bonds. The molecule has 0 spiro atoms. The monoisotopic (exact) mass is 592 g/mol. The number of carboxylic acid groups (broad SMARTS) is 1. The maximum atomic E-state index is 13.7. The summed E-state index contributed by atoms with van der Waals surface area (Å²) in [5.41, 5.74) is -2.18. The van der Waals surface area contributed by atoms with Gasteiger partial charge in [0.15, 0.2) is 11.5 Å². The second-order valence-electron chi connectivity index (χ2n) is 10.1. The van der Waals surface area contributed by atoms with Gasteiger partial charge in [-0.15, -0.1) is 11.8 Å². The molecule has 1 aromatic carbocycles. The smallest absolute Gasteiger partial charge is 0.327 e. The molecular formula is C24H28N6O10S. The van der Waals surface area contributed by atoms with E-state index in [2.05, 4.69) is 16.0 Å². The van der Waals surface area contributed by atoms with Gasteiger partial charge in [0.1, 0.15) is 17.5 Å². The van der Waals surface area contributed by atoms with Gasteiger partial charge >= 0.3 is 23.8 Å². The summed E-state index contributed by atoms with van der Waals surface area (Å²) in [7, 11) is 0. The number of amides is 7. The molecule has 17 heteroatoms. The van der Waals surface area contributed by atoms with Crippen LogP contribution in [0.4, 0.5) is 4.79 Å². The van der Waals surface area contributed by atoms with Crippen LogP contribution in [0.25, 0.3) is 0 Å². The van der Waals surface area contributed by atoms with Gasteiger partial charge in [0, 0.05) is 24.4 Å². The van der Waals surface area contributed by atoms with Crippen molar-refractivity contribution >= 4 is 53.8 Å². The van der Waals surface area contributed by atoms with E-state index in [1.54, 1.807) is 20.8 Å². The minimum absolute atomic E-state index is 0.0570. The van der Waals surface area contributed by atoms with E-state index in [0.29, 0.717) is 4.90 Å². The van der Waals surface area contributed by atoms with Crippen molar-refractivity contribution in [3.05, 3.63) is 23.8 Å². The van der Waals surface area contributed by atoms with E-state index in [1.165, 1.54) is 11.0 Å². The highest BCUT2D eigenvalue weighted by molar-refractivity contribution is 8.01. The zero-order valence-corrected chi connectivity index (χ0v) is 22.9. The fourth-order valence-electron chi connectivity index (χ4n) is 5.09. The molecule has 3 aliphatic heterocycles. The number of nitrogens with zero attached hydrogens (tertiary/aromatic N) is 3. The lowest BCUT2D eigenvalue weighted by Crippen LogP contribution is -2.85. The highest BCUT2D eigenvalue weighted by atomic mass is 32.2. The molecule has 220 valence electrons. The number of hydrogen-bond acceptors (Lipinski definition) is 10. The molecule has 3 saturated heterocycles. The lowest BCUT2D eigenvalue weighted by molar-refractivity contribution is -0.172. The number of fused-ring (bicyclic) bond motifs is 1. The number of β-lactam (4-membered cyclic amide) rings is 1. The van der Waals surface area contributed by atoms with E-state index >= 15 is 0 Å². The Hall–Kier alpha value is -4.54. The van der Waals surface area contributed by atoms with Gasteiger partial charge in [-0.05, 0) is 38.5 Å². The molecule has 0 radical (unpaired) electrons. The molecule has 3 heterocycles. The van der Waals surface area contributed by atoms with Crippen LogP contribution in [0.2, 0.25) is 0 Å². The summed E-state index contributed by atoms with van der Waals surface area (Å²) in [6, 6.07) is -0.933. The first kappa shape index (κ1) is 29.4. The minimum Gasteiger partial charge on any atom is -0.504 e. The second kappa shape index (κ2) is 10.5. The molecule has 1 unspecified atom stereocenters. The molecule has 6 N–H and O–H groups in total. The zero-order chi connectivity index (χ0) is 30.4. The molecular weight excluding hydrogens is 564 g/mol. The molecule has 3 aliphatic rings. The van der Waals surface area contributed by atoms with Gasteiger partial charge in [-0.25, -0.2) is 9.59 Å². The number of nitrogens with one attached hydrogen (secondary N) is 3. The first-order valence-corrected chi connectivity index (χ1v) is 13.3. The van der Waals surface area contributed by atoms with Gasteiger partial charge in [0.05, 0.1) is 0 Å². The number of urea groups is 1. The number of carbonyl (C=O) groups excluding carboxylic acids is 6. The fourth-order valence-corrected chi connectivity index (χ4v) is 6.75. The summed E-state index contributed by atoms with van der Waals surface area (Å²) in [6.07, 6.45) is 0.161. The maximum Gasteiger partial charge on any atom is 0.327 e. The normalized spacial score (nSPS) is 25.6. The van der Waals surface area contributed by atoms with E-state index in [9.17, 15) is 48.9 Å². The molecule has 41 heavy (non-hydrogen) atoms. The van der Waals surface area contributed by atoms with Gasteiger partial charge in [0.2, 0.25) is 18.0 Å². The predicted molar refractivity (Wildman–Crippen MR) is 139 cm³/mol. The number of carboxylic acids is 1. The lowest BCUT2D eigenvalue weighted by Gasteiger charge is -2.52. The summed E-state index contributed by atoms with van der Waals surface area (Å²) in [4.78, 5) is 91.4. The highest BCUT2D eigenvalue weighted by Crippen LogP contribution is 2.54. The Kier molecular flexibility index (Phi) is 7.51. The number of likely N-dealkylation sites (N-methyl/N-ethyl adjacent to an activating group) is 1. The van der Waals surface area contributed by atoms with E-state index in [1.807, 2.05) is 0 Å². The molecule has 0 aromatic heterocycles. The Bertz CT molecular complexity index is 1350. The average molecular weight is 593 g/mol. The number of phenols is 2. The number of hydrogen-bond donors (Lipinski definition) is 6. The summed E-state index contributed by atoms with van der Waals surface area (Å²) in [5, 5.41) is 35.4. The molecule has 0 aliphatic carbocycles. The van der Waals surface area contributed by atoms with E-state index in [4.69, 9.17) is 0 Å². The number of rotatable bonds is 8. The van der Waals surface area contributed by atoms with E-state index in [-0.39, 0.29) is 31.6 Å². The Morgan fingerprint density at radius 3 is 2.39 bits per heavy atom. The van der Waals surface area contributed by atoms with Crippen molar-refractivity contribution in [3.63, 3.8) is 0 Å². The number of benzene rings is 1. The van der Waals surface area contributed by atoms with Crippen molar-refractivity contribution in [1.82, 2.24) is 30.7 Å². The number of imide groups is 1. The highest BCUT2D eigenvalue weighted by Gasteiger charge is 2.72. The largest absolute Gasteiger partial charge is 0.504 e. The zero-order valence-electron chi connectivity index (χ0n) is 22.1. The Labute approximate surface area is 237 Å². The summed E-state index contributed by atoms with van der Waals surface area (Å²) < 4.78 is -1.01. The third-order valence-electron chi connectivity index (χ3n) is 7.19. The molecule has 0 saturated carbocycles. The second-order valence-corrected chi connectivity index (χ2v) is 11.8. The fraction of sp³-hybridized carbons (Fsp3) is 0.458. The van der Waals surface area contributed by atoms with Crippen LogP contribution >= 0.6 is 11.8 Å². The van der Waals surface area contributed by atoms with Crippen molar-refractivity contribution in [2.45, 2.75) is 48.6 Å². The number of carbonyl (C=O) groups is 7. The van der Waals surface area contributed by atoms with Crippen LogP contribution in [0.1, 0.15) is 32.4 Å². The van der Waals surface area contributed by atoms with Gasteiger partial charge in [0.25, 0.3) is 5.91 Å². The topological polar surface area (TPSA) is 226 Å². The Morgan fingerprint density at radius 1 is 1.12 bits per heavy atom. The van der Waals surface area contributed by atoms with Gasteiger partial charge in [-0.2, -0.15) is 0 Å². The quantitative estimate of drug-likeness (QED) is 0.0652. The summed E-state index contributed by atoms with van der Waals surface area (Å²) >= 11 is 1.03. The van der Waals surface area contributed by atoms with Crippen LogP contribution in [0.3, 0.4) is 0 Å². The van der Waals surface area contributed by atoms with Crippen LogP contribution in [-0.2, 0) is 28.8 Å². The molecule has 1 aromatic rings. The van der Waals surface area contributed by atoms with Crippen LogP contribution in [-0.4, -0.2) is 114 Å². The summed E-state index contributed by atoms with van der Waals surface area (Å²) in [6.45, 7) is 4.97. The van der Waals surface area contributed by atoms with Crippen LogP contribution in [0.5, 0.6) is 11.5 Å². The number of thioether (sulfide) groups is 1.